The van der Waals surface area contributed by atoms with Crippen molar-refractivity contribution in [2.45, 2.75) is 38.3 Å². The summed E-state index contributed by atoms with van der Waals surface area (Å²) in [4.78, 5) is 21.7. The molecular weight excluding hydrogens is 460 g/mol. The molecular formula is C27H34N4O3S. The molecule has 0 unspecified atom stereocenters. The molecule has 1 fully saturated rings. The number of carbonyl (C=O) groups excluding carboxylic acids is 1. The molecule has 0 bridgehead atoms. The highest BCUT2D eigenvalue weighted by Crippen LogP contribution is 2.29. The van der Waals surface area contributed by atoms with Crippen LogP contribution in [0.1, 0.15) is 35.0 Å². The van der Waals surface area contributed by atoms with Crippen LogP contribution in [0.3, 0.4) is 0 Å². The number of benzene rings is 2. The Hall–Kier alpha value is -2.52. The monoisotopic (exact) mass is 494 g/mol. The summed E-state index contributed by atoms with van der Waals surface area (Å²) in [6, 6.07) is 14.5. The van der Waals surface area contributed by atoms with Crippen LogP contribution in [-0.2, 0) is 11.2 Å². The van der Waals surface area contributed by atoms with Gasteiger partial charge in [0.25, 0.3) is 0 Å². The Morgan fingerprint density at radius 1 is 1.20 bits per heavy atom. The number of aryl methyl sites for hydroxylation is 2. The first-order chi connectivity index (χ1) is 17.0. The average Bonchev–Trinajstić information content (AvgIpc) is 3.23. The lowest BCUT2D eigenvalue weighted by Crippen LogP contribution is -2.51. The second-order valence-electron chi connectivity index (χ2n) is 9.62. The third kappa shape index (κ3) is 6.19. The van der Waals surface area contributed by atoms with Crippen molar-refractivity contribution in [2.75, 3.05) is 45.9 Å². The van der Waals surface area contributed by atoms with E-state index in [0.717, 1.165) is 66.4 Å². The number of piperazine rings is 1. The number of carbonyl (C=O) groups is 1. The van der Waals surface area contributed by atoms with E-state index in [1.54, 1.807) is 11.3 Å². The van der Waals surface area contributed by atoms with E-state index in [1.165, 1.54) is 11.1 Å². The summed E-state index contributed by atoms with van der Waals surface area (Å²) in [6.07, 6.45) is 2.66. The smallest absolute Gasteiger partial charge is 0.234 e. The zero-order chi connectivity index (χ0) is 24.2. The molecule has 1 aromatic heterocycles. The van der Waals surface area contributed by atoms with Crippen LogP contribution in [0.25, 0.3) is 10.2 Å². The molecule has 0 spiro atoms. The number of amides is 1. The Morgan fingerprint density at radius 2 is 2.00 bits per heavy atom. The summed E-state index contributed by atoms with van der Waals surface area (Å²) in [7, 11) is 0. The minimum absolute atomic E-state index is 0.0980. The minimum Gasteiger partial charge on any atom is -0.491 e. The summed E-state index contributed by atoms with van der Waals surface area (Å²) < 4.78 is 6.97. The Balaban J connectivity index is 1.03. The van der Waals surface area contributed by atoms with Gasteiger partial charge in [-0.25, -0.2) is 4.98 Å². The first-order valence-electron chi connectivity index (χ1n) is 12.5. The number of rotatable bonds is 8. The molecule has 7 nitrogen and oxygen atoms in total. The van der Waals surface area contributed by atoms with Gasteiger partial charge in [0, 0.05) is 38.8 Å². The van der Waals surface area contributed by atoms with Gasteiger partial charge in [0.15, 0.2) is 0 Å². The van der Waals surface area contributed by atoms with Gasteiger partial charge in [-0.2, -0.15) is 0 Å². The molecule has 186 valence electrons. The standard InChI is InChI=1S/C27H34N4O3S/c1-19-28-25-15-22(9-10-26(25)35-19)34-18-21(32)16-30-11-13-31(14-12-30)17-27(33)29-24-8-4-6-20-5-2-3-7-23(20)24/h2-3,5,7,9-10,15,21,24,32H,4,6,8,11-14,16-18H2,1H3,(H,29,33)/t21-,24-/m0/s1. The summed E-state index contributed by atoms with van der Waals surface area (Å²) in [5, 5.41) is 14.8. The van der Waals surface area contributed by atoms with Crippen LogP contribution in [0.4, 0.5) is 0 Å². The Bertz CT molecular complexity index is 1160. The number of ether oxygens (including phenoxy) is 1. The number of hydrogen-bond donors (Lipinski definition) is 2. The number of thiazole rings is 1. The Morgan fingerprint density at radius 3 is 2.86 bits per heavy atom. The topological polar surface area (TPSA) is 77.9 Å². The van der Waals surface area contributed by atoms with Crippen LogP contribution < -0.4 is 10.1 Å². The van der Waals surface area contributed by atoms with E-state index >= 15 is 0 Å². The Kier molecular flexibility index (Phi) is 7.63. The molecule has 1 aliphatic carbocycles. The van der Waals surface area contributed by atoms with Gasteiger partial charge in [0.2, 0.25) is 5.91 Å². The van der Waals surface area contributed by atoms with Gasteiger partial charge in [-0.1, -0.05) is 24.3 Å². The van der Waals surface area contributed by atoms with Crippen LogP contribution >= 0.6 is 11.3 Å². The molecule has 1 saturated heterocycles. The Labute approximate surface area is 210 Å². The molecule has 0 saturated carbocycles. The van der Waals surface area contributed by atoms with E-state index in [9.17, 15) is 9.90 Å². The van der Waals surface area contributed by atoms with Gasteiger partial charge >= 0.3 is 0 Å². The van der Waals surface area contributed by atoms with Crippen molar-refractivity contribution in [2.24, 2.45) is 0 Å². The molecule has 3 aromatic rings. The van der Waals surface area contributed by atoms with Crippen molar-refractivity contribution in [3.05, 3.63) is 58.6 Å². The summed E-state index contributed by atoms with van der Waals surface area (Å²) in [5.41, 5.74) is 3.57. The van der Waals surface area contributed by atoms with E-state index < -0.39 is 6.10 Å². The second kappa shape index (κ2) is 11.0. The average molecular weight is 495 g/mol. The fourth-order valence-electron chi connectivity index (χ4n) is 5.13. The summed E-state index contributed by atoms with van der Waals surface area (Å²) in [6.45, 7) is 6.55. The molecule has 5 rings (SSSR count). The third-order valence-corrected chi connectivity index (χ3v) is 7.87. The molecule has 0 radical (unpaired) electrons. The number of aliphatic hydroxyl groups excluding tert-OH is 1. The highest BCUT2D eigenvalue weighted by Gasteiger charge is 2.24. The van der Waals surface area contributed by atoms with Crippen LogP contribution in [0, 0.1) is 6.92 Å². The lowest BCUT2D eigenvalue weighted by molar-refractivity contribution is -0.123. The van der Waals surface area contributed by atoms with Crippen molar-refractivity contribution < 1.29 is 14.6 Å². The molecule has 2 heterocycles. The van der Waals surface area contributed by atoms with Gasteiger partial charge in [-0.15, -0.1) is 11.3 Å². The van der Waals surface area contributed by atoms with Crippen molar-refractivity contribution >= 4 is 27.5 Å². The van der Waals surface area contributed by atoms with Crippen molar-refractivity contribution in [1.82, 2.24) is 20.1 Å². The van der Waals surface area contributed by atoms with Crippen LogP contribution in [0.5, 0.6) is 5.75 Å². The van der Waals surface area contributed by atoms with Crippen LogP contribution in [0.15, 0.2) is 42.5 Å². The van der Waals surface area contributed by atoms with Gasteiger partial charge in [0.05, 0.1) is 27.8 Å². The maximum absolute atomic E-state index is 12.7. The van der Waals surface area contributed by atoms with E-state index in [1.807, 2.05) is 25.1 Å². The van der Waals surface area contributed by atoms with E-state index in [0.29, 0.717) is 13.1 Å². The molecule has 2 N–H and O–H groups in total. The van der Waals surface area contributed by atoms with Crippen LogP contribution in [-0.4, -0.2) is 77.8 Å². The molecule has 2 aromatic carbocycles. The number of nitrogens with one attached hydrogen (secondary N) is 1. The zero-order valence-corrected chi connectivity index (χ0v) is 21.1. The van der Waals surface area contributed by atoms with Crippen molar-refractivity contribution in [3.63, 3.8) is 0 Å². The summed E-state index contributed by atoms with van der Waals surface area (Å²) in [5.74, 6) is 0.833. The fraction of sp³-hybridized carbons (Fsp3) is 0.481. The normalized spacial score (nSPS) is 19.9. The second-order valence-corrected chi connectivity index (χ2v) is 10.8. The predicted octanol–water partition coefficient (Wildman–Crippen LogP) is 3.16. The highest BCUT2D eigenvalue weighted by molar-refractivity contribution is 7.18. The minimum atomic E-state index is -0.566. The molecule has 2 aliphatic rings. The lowest BCUT2D eigenvalue weighted by Gasteiger charge is -2.35. The quantitative estimate of drug-likeness (QED) is 0.501. The first kappa shape index (κ1) is 24.2. The third-order valence-electron chi connectivity index (χ3n) is 6.91. The van der Waals surface area contributed by atoms with Crippen molar-refractivity contribution in [3.8, 4) is 5.75 Å². The molecule has 35 heavy (non-hydrogen) atoms. The summed E-state index contributed by atoms with van der Waals surface area (Å²) >= 11 is 1.67. The van der Waals surface area contributed by atoms with E-state index in [-0.39, 0.29) is 18.6 Å². The number of fused-ring (bicyclic) bond motifs is 2. The highest BCUT2D eigenvalue weighted by atomic mass is 32.1. The SMILES string of the molecule is Cc1nc2cc(OC[C@@H](O)CN3CCN(CC(=O)N[C@H]4CCCc5ccccc54)CC3)ccc2s1. The van der Waals surface area contributed by atoms with E-state index in [4.69, 9.17) is 4.74 Å². The van der Waals surface area contributed by atoms with Gasteiger partial charge in [-0.05, 0) is 49.4 Å². The number of hydrogen-bond acceptors (Lipinski definition) is 7. The predicted molar refractivity (Wildman–Crippen MR) is 139 cm³/mol. The maximum Gasteiger partial charge on any atom is 0.234 e. The molecule has 1 aliphatic heterocycles. The van der Waals surface area contributed by atoms with Crippen LogP contribution in [0.2, 0.25) is 0 Å². The molecule has 1 amide bonds. The number of β-amino-alcohol motifs (C(OH)–C–C–N with tert-alkyl or cyclic N) is 1. The van der Waals surface area contributed by atoms with Gasteiger partial charge < -0.3 is 15.2 Å². The zero-order valence-electron chi connectivity index (χ0n) is 20.3. The largest absolute Gasteiger partial charge is 0.491 e. The maximum atomic E-state index is 12.7. The van der Waals surface area contributed by atoms with Crippen molar-refractivity contribution in [1.29, 1.82) is 0 Å². The molecule has 2 atom stereocenters. The fourth-order valence-corrected chi connectivity index (χ4v) is 5.94. The molecule has 8 heteroatoms. The first-order valence-corrected chi connectivity index (χ1v) is 13.3. The number of nitrogens with zero attached hydrogens (tertiary/aromatic N) is 3. The van der Waals surface area contributed by atoms with Gasteiger partial charge in [-0.3, -0.25) is 14.6 Å². The number of aromatic nitrogens is 1. The number of aliphatic hydroxyl groups is 1. The lowest BCUT2D eigenvalue weighted by atomic mass is 9.88. The van der Waals surface area contributed by atoms with Gasteiger partial charge in [0.1, 0.15) is 18.5 Å². The van der Waals surface area contributed by atoms with E-state index in [2.05, 4.69) is 44.4 Å².